The minimum Gasteiger partial charge on any atom is -0.491 e. The zero-order valence-electron chi connectivity index (χ0n) is 11.1. The van der Waals surface area contributed by atoms with Gasteiger partial charge in [0.2, 0.25) is 0 Å². The molecule has 0 aliphatic heterocycles. The van der Waals surface area contributed by atoms with Gasteiger partial charge < -0.3 is 15.8 Å². The number of unbranched alkanes of at least 4 members (excludes halogenated alkanes) is 1. The number of nitrogens with two attached hydrogens (primary N) is 1. The van der Waals surface area contributed by atoms with Gasteiger partial charge in [-0.15, -0.1) is 0 Å². The smallest absolute Gasteiger partial charge is 0.251 e. The van der Waals surface area contributed by atoms with E-state index in [2.05, 4.69) is 5.32 Å². The maximum absolute atomic E-state index is 11.8. The van der Waals surface area contributed by atoms with Gasteiger partial charge in [0, 0.05) is 12.1 Å². The quantitative estimate of drug-likeness (QED) is 0.727. The van der Waals surface area contributed by atoms with E-state index in [1.807, 2.05) is 26.0 Å². The van der Waals surface area contributed by atoms with E-state index in [9.17, 15) is 4.79 Å². The van der Waals surface area contributed by atoms with Crippen molar-refractivity contribution in [2.45, 2.75) is 32.8 Å². The minimum absolute atomic E-state index is 0.0527. The fourth-order valence-corrected chi connectivity index (χ4v) is 1.53. The van der Waals surface area contributed by atoms with Crippen LogP contribution in [0.3, 0.4) is 0 Å². The Morgan fingerprint density at radius 2 is 1.94 bits per heavy atom. The van der Waals surface area contributed by atoms with Crippen molar-refractivity contribution in [3.8, 4) is 5.75 Å². The van der Waals surface area contributed by atoms with Gasteiger partial charge in [-0.3, -0.25) is 4.79 Å². The van der Waals surface area contributed by atoms with Crippen molar-refractivity contribution in [1.29, 1.82) is 0 Å². The predicted molar refractivity (Wildman–Crippen MR) is 72.8 cm³/mol. The van der Waals surface area contributed by atoms with Crippen LogP contribution in [-0.4, -0.2) is 25.1 Å². The molecule has 0 atom stereocenters. The molecule has 4 heteroatoms. The molecule has 0 fully saturated rings. The molecule has 0 heterocycles. The highest BCUT2D eigenvalue weighted by Crippen LogP contribution is 2.13. The molecule has 0 radical (unpaired) electrons. The molecule has 1 aromatic carbocycles. The molecule has 1 rings (SSSR count). The summed E-state index contributed by atoms with van der Waals surface area (Å²) in [6.07, 6.45) is 1.99. The fourth-order valence-electron chi connectivity index (χ4n) is 1.53. The van der Waals surface area contributed by atoms with E-state index in [-0.39, 0.29) is 12.0 Å². The lowest BCUT2D eigenvalue weighted by Gasteiger charge is -2.10. The van der Waals surface area contributed by atoms with Crippen LogP contribution in [0, 0.1) is 0 Å². The van der Waals surface area contributed by atoms with Crippen LogP contribution in [0.15, 0.2) is 24.3 Å². The number of ether oxygens (including phenoxy) is 1. The third-order valence-electron chi connectivity index (χ3n) is 2.40. The molecule has 0 spiro atoms. The first-order valence-corrected chi connectivity index (χ1v) is 6.38. The first-order valence-electron chi connectivity index (χ1n) is 6.38. The summed E-state index contributed by atoms with van der Waals surface area (Å²) in [4.78, 5) is 11.8. The van der Waals surface area contributed by atoms with Gasteiger partial charge in [0.25, 0.3) is 5.91 Å². The van der Waals surface area contributed by atoms with E-state index in [4.69, 9.17) is 10.5 Å². The van der Waals surface area contributed by atoms with E-state index in [0.29, 0.717) is 18.7 Å². The van der Waals surface area contributed by atoms with Crippen molar-refractivity contribution in [2.24, 2.45) is 5.73 Å². The highest BCUT2D eigenvalue weighted by atomic mass is 16.5. The summed E-state index contributed by atoms with van der Waals surface area (Å²) in [5.74, 6) is 0.729. The number of hydrogen-bond acceptors (Lipinski definition) is 3. The van der Waals surface area contributed by atoms with Gasteiger partial charge in [-0.25, -0.2) is 0 Å². The molecule has 0 aliphatic rings. The minimum atomic E-state index is -0.0527. The molecular formula is C14H22N2O2. The Kier molecular flexibility index (Phi) is 6.22. The van der Waals surface area contributed by atoms with Crippen molar-refractivity contribution >= 4 is 5.91 Å². The van der Waals surface area contributed by atoms with Crippen LogP contribution in [-0.2, 0) is 0 Å². The third kappa shape index (κ3) is 5.19. The molecule has 0 aliphatic carbocycles. The SMILES string of the molecule is CC(C)Oc1ccc(C(=O)NCCCCN)cc1. The Labute approximate surface area is 109 Å². The maximum atomic E-state index is 11.8. The van der Waals surface area contributed by atoms with Crippen molar-refractivity contribution in [2.75, 3.05) is 13.1 Å². The molecule has 0 aromatic heterocycles. The first kappa shape index (κ1) is 14.5. The lowest BCUT2D eigenvalue weighted by molar-refractivity contribution is 0.0953. The summed E-state index contributed by atoms with van der Waals surface area (Å²) in [5, 5.41) is 2.86. The van der Waals surface area contributed by atoms with Gasteiger partial charge in [0.1, 0.15) is 5.75 Å². The van der Waals surface area contributed by atoms with Crippen molar-refractivity contribution in [1.82, 2.24) is 5.32 Å². The van der Waals surface area contributed by atoms with Crippen LogP contribution >= 0.6 is 0 Å². The summed E-state index contributed by atoms with van der Waals surface area (Å²) >= 11 is 0. The Morgan fingerprint density at radius 1 is 1.28 bits per heavy atom. The number of benzene rings is 1. The second kappa shape index (κ2) is 7.71. The highest BCUT2D eigenvalue weighted by Gasteiger charge is 2.05. The van der Waals surface area contributed by atoms with Crippen molar-refractivity contribution in [3.05, 3.63) is 29.8 Å². The molecule has 0 saturated heterocycles. The van der Waals surface area contributed by atoms with Crippen LogP contribution in [0.1, 0.15) is 37.0 Å². The summed E-state index contributed by atoms with van der Waals surface area (Å²) in [6, 6.07) is 7.18. The van der Waals surface area contributed by atoms with Crippen LogP contribution < -0.4 is 15.8 Å². The summed E-state index contributed by atoms with van der Waals surface area (Å²) in [6.45, 7) is 5.27. The molecule has 18 heavy (non-hydrogen) atoms. The first-order chi connectivity index (χ1) is 8.63. The molecule has 4 nitrogen and oxygen atoms in total. The number of carbonyl (C=O) groups is 1. The lowest BCUT2D eigenvalue weighted by atomic mass is 10.2. The molecule has 1 aromatic rings. The highest BCUT2D eigenvalue weighted by molar-refractivity contribution is 5.94. The second-order valence-corrected chi connectivity index (χ2v) is 4.44. The predicted octanol–water partition coefficient (Wildman–Crippen LogP) is 1.94. The van der Waals surface area contributed by atoms with Crippen LogP contribution in [0.2, 0.25) is 0 Å². The van der Waals surface area contributed by atoms with Crippen molar-refractivity contribution in [3.63, 3.8) is 0 Å². The van der Waals surface area contributed by atoms with E-state index < -0.39 is 0 Å². The number of rotatable bonds is 7. The zero-order chi connectivity index (χ0) is 13.4. The normalized spacial score (nSPS) is 10.4. The fraction of sp³-hybridized carbons (Fsp3) is 0.500. The zero-order valence-corrected chi connectivity index (χ0v) is 11.1. The Hall–Kier alpha value is -1.55. The van der Waals surface area contributed by atoms with Crippen LogP contribution in [0.4, 0.5) is 0 Å². The second-order valence-electron chi connectivity index (χ2n) is 4.44. The topological polar surface area (TPSA) is 64.3 Å². The molecule has 3 N–H and O–H groups in total. The Balaban J connectivity index is 2.43. The van der Waals surface area contributed by atoms with Gasteiger partial charge in [0.15, 0.2) is 0 Å². The molecule has 100 valence electrons. The number of carbonyl (C=O) groups excluding carboxylic acids is 1. The number of amides is 1. The molecule has 0 bridgehead atoms. The van der Waals surface area contributed by atoms with E-state index in [1.54, 1.807) is 12.1 Å². The Morgan fingerprint density at radius 3 is 2.50 bits per heavy atom. The largest absolute Gasteiger partial charge is 0.491 e. The monoisotopic (exact) mass is 250 g/mol. The third-order valence-corrected chi connectivity index (χ3v) is 2.40. The van der Waals surface area contributed by atoms with Gasteiger partial charge in [-0.1, -0.05) is 0 Å². The molecule has 1 amide bonds. The van der Waals surface area contributed by atoms with E-state index in [0.717, 1.165) is 18.6 Å². The van der Waals surface area contributed by atoms with Gasteiger partial charge >= 0.3 is 0 Å². The van der Waals surface area contributed by atoms with Gasteiger partial charge in [-0.05, 0) is 57.5 Å². The number of nitrogens with one attached hydrogen (secondary N) is 1. The van der Waals surface area contributed by atoms with Crippen LogP contribution in [0.5, 0.6) is 5.75 Å². The molecule has 0 saturated carbocycles. The summed E-state index contributed by atoms with van der Waals surface area (Å²) in [5.41, 5.74) is 6.04. The van der Waals surface area contributed by atoms with Gasteiger partial charge in [-0.2, -0.15) is 0 Å². The summed E-state index contributed by atoms with van der Waals surface area (Å²) < 4.78 is 5.52. The maximum Gasteiger partial charge on any atom is 0.251 e. The molecule has 0 unspecified atom stereocenters. The standard InChI is InChI=1S/C14H22N2O2/c1-11(2)18-13-7-5-12(6-8-13)14(17)16-10-4-3-9-15/h5-8,11H,3-4,9-10,15H2,1-2H3,(H,16,17). The summed E-state index contributed by atoms with van der Waals surface area (Å²) in [7, 11) is 0. The average molecular weight is 250 g/mol. The van der Waals surface area contributed by atoms with E-state index in [1.165, 1.54) is 0 Å². The van der Waals surface area contributed by atoms with E-state index >= 15 is 0 Å². The lowest BCUT2D eigenvalue weighted by Crippen LogP contribution is -2.24. The Bertz CT molecular complexity index is 361. The number of hydrogen-bond donors (Lipinski definition) is 2. The van der Waals surface area contributed by atoms with Crippen LogP contribution in [0.25, 0.3) is 0 Å². The van der Waals surface area contributed by atoms with Crippen molar-refractivity contribution < 1.29 is 9.53 Å². The van der Waals surface area contributed by atoms with Gasteiger partial charge in [0.05, 0.1) is 6.10 Å². The molecular weight excluding hydrogens is 228 g/mol. The average Bonchev–Trinajstić information content (AvgIpc) is 2.34.